The van der Waals surface area contributed by atoms with Gasteiger partial charge >= 0.3 is 0 Å². The number of thiazole rings is 1. The van der Waals surface area contributed by atoms with Crippen molar-refractivity contribution in [3.8, 4) is 0 Å². The minimum atomic E-state index is 0.116. The van der Waals surface area contributed by atoms with Crippen LogP contribution in [0.1, 0.15) is 58.5 Å². The van der Waals surface area contributed by atoms with Gasteiger partial charge in [-0.15, -0.1) is 11.3 Å². The molecule has 0 fully saturated rings. The number of nitrogens with zero attached hydrogens (tertiary/aromatic N) is 2. The first-order valence-electron chi connectivity index (χ1n) is 7.39. The number of hydrogen-bond acceptors (Lipinski definition) is 4. The zero-order chi connectivity index (χ0) is 14.5. The van der Waals surface area contributed by atoms with E-state index in [9.17, 15) is 0 Å². The number of rotatable bonds is 7. The van der Waals surface area contributed by atoms with Gasteiger partial charge < -0.3 is 10.2 Å². The Kier molecular flexibility index (Phi) is 6.27. The predicted molar refractivity (Wildman–Crippen MR) is 86.4 cm³/mol. The molecule has 0 amide bonds. The highest BCUT2D eigenvalue weighted by Crippen LogP contribution is 2.33. The van der Waals surface area contributed by atoms with Crippen molar-refractivity contribution in [1.82, 2.24) is 10.3 Å². The van der Waals surface area contributed by atoms with Crippen molar-refractivity contribution < 1.29 is 0 Å². The van der Waals surface area contributed by atoms with E-state index in [0.29, 0.717) is 0 Å². The molecule has 0 aliphatic carbocycles. The summed E-state index contributed by atoms with van der Waals surface area (Å²) in [5.74, 6) is 0. The summed E-state index contributed by atoms with van der Waals surface area (Å²) in [5, 5.41) is 4.61. The number of aromatic nitrogens is 1. The highest BCUT2D eigenvalue weighted by atomic mass is 32.1. The van der Waals surface area contributed by atoms with Crippen LogP contribution in [0, 0.1) is 0 Å². The molecular weight excluding hydrogens is 254 g/mol. The van der Waals surface area contributed by atoms with Gasteiger partial charge in [0, 0.05) is 29.9 Å². The molecule has 1 aromatic rings. The van der Waals surface area contributed by atoms with Gasteiger partial charge in [-0.1, -0.05) is 34.6 Å². The maximum absolute atomic E-state index is 4.93. The van der Waals surface area contributed by atoms with Gasteiger partial charge in [0.2, 0.25) is 0 Å². The molecule has 0 aromatic carbocycles. The first kappa shape index (κ1) is 16.4. The summed E-state index contributed by atoms with van der Waals surface area (Å²) in [6.45, 7) is 17.4. The van der Waals surface area contributed by atoms with Crippen molar-refractivity contribution in [1.29, 1.82) is 0 Å². The summed E-state index contributed by atoms with van der Waals surface area (Å²) in [6.07, 6.45) is 1.17. The molecule has 0 aliphatic heterocycles. The molecule has 1 heterocycles. The van der Waals surface area contributed by atoms with Crippen molar-refractivity contribution >= 4 is 16.5 Å². The fourth-order valence-corrected chi connectivity index (χ4v) is 3.41. The zero-order valence-electron chi connectivity index (χ0n) is 13.3. The van der Waals surface area contributed by atoms with Crippen LogP contribution in [0.3, 0.4) is 0 Å². The lowest BCUT2D eigenvalue weighted by Crippen LogP contribution is -2.23. The van der Waals surface area contributed by atoms with Gasteiger partial charge in [-0.25, -0.2) is 4.98 Å². The molecule has 0 atom stereocenters. The summed E-state index contributed by atoms with van der Waals surface area (Å²) < 4.78 is 0. The van der Waals surface area contributed by atoms with Crippen LogP contribution in [0.4, 0.5) is 5.13 Å². The van der Waals surface area contributed by atoms with E-state index in [-0.39, 0.29) is 5.41 Å². The highest BCUT2D eigenvalue weighted by molar-refractivity contribution is 7.15. The van der Waals surface area contributed by atoms with E-state index >= 15 is 0 Å². The molecule has 0 unspecified atom stereocenters. The van der Waals surface area contributed by atoms with Gasteiger partial charge in [0.15, 0.2) is 5.13 Å². The largest absolute Gasteiger partial charge is 0.348 e. The maximum Gasteiger partial charge on any atom is 0.185 e. The standard InChI is InChI=1S/C15H29N3S/c1-7-10-18(9-3)14-17-13(15(4,5)6)12(19-14)11-16-8-2/h16H,7-11H2,1-6H3. The minimum absolute atomic E-state index is 0.116. The second-order valence-electron chi connectivity index (χ2n) is 5.88. The average Bonchev–Trinajstić information content (AvgIpc) is 2.77. The van der Waals surface area contributed by atoms with Crippen LogP contribution in [-0.4, -0.2) is 24.6 Å². The van der Waals surface area contributed by atoms with Crippen molar-refractivity contribution in [2.75, 3.05) is 24.5 Å². The van der Waals surface area contributed by atoms with E-state index < -0.39 is 0 Å². The normalized spacial score (nSPS) is 11.9. The molecule has 0 bridgehead atoms. The van der Waals surface area contributed by atoms with Crippen LogP contribution in [0.25, 0.3) is 0 Å². The number of anilines is 1. The second kappa shape index (κ2) is 7.25. The lowest BCUT2D eigenvalue weighted by Gasteiger charge is -2.19. The molecule has 4 heteroatoms. The van der Waals surface area contributed by atoms with E-state index in [2.05, 4.69) is 51.8 Å². The van der Waals surface area contributed by atoms with Crippen LogP contribution >= 0.6 is 11.3 Å². The van der Waals surface area contributed by atoms with Gasteiger partial charge in [-0.05, 0) is 19.9 Å². The highest BCUT2D eigenvalue weighted by Gasteiger charge is 2.24. The van der Waals surface area contributed by atoms with Crippen molar-refractivity contribution in [3.05, 3.63) is 10.6 Å². The third-order valence-corrected chi connectivity index (χ3v) is 4.19. The third-order valence-electron chi connectivity index (χ3n) is 3.08. The van der Waals surface area contributed by atoms with Gasteiger partial charge in [0.1, 0.15) is 0 Å². The second-order valence-corrected chi connectivity index (χ2v) is 6.94. The van der Waals surface area contributed by atoms with Crippen LogP contribution in [0.15, 0.2) is 0 Å². The molecule has 0 saturated heterocycles. The quantitative estimate of drug-likeness (QED) is 0.825. The van der Waals surface area contributed by atoms with E-state index in [4.69, 9.17) is 4.98 Å². The molecule has 0 spiro atoms. The molecule has 1 aromatic heterocycles. The predicted octanol–water partition coefficient (Wildman–Crippen LogP) is 3.79. The molecule has 110 valence electrons. The summed E-state index contributed by atoms with van der Waals surface area (Å²) in [7, 11) is 0. The Labute approximate surface area is 122 Å². The van der Waals surface area contributed by atoms with Crippen molar-refractivity contribution in [2.45, 2.75) is 59.9 Å². The molecule has 1 N–H and O–H groups in total. The number of hydrogen-bond donors (Lipinski definition) is 1. The summed E-state index contributed by atoms with van der Waals surface area (Å²) in [6, 6.07) is 0. The SMILES string of the molecule is CCCN(CC)c1nc(C(C)(C)C)c(CNCC)s1. The van der Waals surface area contributed by atoms with E-state index in [1.165, 1.54) is 22.1 Å². The molecule has 3 nitrogen and oxygen atoms in total. The van der Waals surface area contributed by atoms with E-state index in [0.717, 1.165) is 26.2 Å². The first-order chi connectivity index (χ1) is 8.93. The molecule has 19 heavy (non-hydrogen) atoms. The monoisotopic (exact) mass is 283 g/mol. The van der Waals surface area contributed by atoms with Gasteiger partial charge in [-0.2, -0.15) is 0 Å². The molecule has 0 saturated carbocycles. The third kappa shape index (κ3) is 4.46. The summed E-state index contributed by atoms with van der Waals surface area (Å²) >= 11 is 1.85. The Morgan fingerprint density at radius 3 is 2.37 bits per heavy atom. The first-order valence-corrected chi connectivity index (χ1v) is 8.21. The van der Waals surface area contributed by atoms with Gasteiger partial charge in [0.25, 0.3) is 0 Å². The topological polar surface area (TPSA) is 28.2 Å². The number of nitrogens with one attached hydrogen (secondary N) is 1. The van der Waals surface area contributed by atoms with E-state index in [1.807, 2.05) is 11.3 Å². The van der Waals surface area contributed by atoms with Gasteiger partial charge in [-0.3, -0.25) is 0 Å². The minimum Gasteiger partial charge on any atom is -0.348 e. The fourth-order valence-electron chi connectivity index (χ4n) is 2.08. The lowest BCUT2D eigenvalue weighted by atomic mass is 9.91. The van der Waals surface area contributed by atoms with Crippen LogP contribution in [0.5, 0.6) is 0 Å². The smallest absolute Gasteiger partial charge is 0.185 e. The van der Waals surface area contributed by atoms with Crippen molar-refractivity contribution in [3.63, 3.8) is 0 Å². The van der Waals surface area contributed by atoms with Crippen LogP contribution in [0.2, 0.25) is 0 Å². The Morgan fingerprint density at radius 1 is 1.21 bits per heavy atom. The van der Waals surface area contributed by atoms with Gasteiger partial charge in [0.05, 0.1) is 5.69 Å². The molecule has 1 rings (SSSR count). The summed E-state index contributed by atoms with van der Waals surface area (Å²) in [4.78, 5) is 8.70. The summed E-state index contributed by atoms with van der Waals surface area (Å²) in [5.41, 5.74) is 1.37. The van der Waals surface area contributed by atoms with Crippen LogP contribution in [-0.2, 0) is 12.0 Å². The molecule has 0 aliphatic rings. The zero-order valence-corrected chi connectivity index (χ0v) is 14.2. The Hall–Kier alpha value is -0.610. The average molecular weight is 283 g/mol. The molecular formula is C15H29N3S. The molecule has 0 radical (unpaired) electrons. The Bertz CT molecular complexity index is 379. The van der Waals surface area contributed by atoms with Crippen molar-refractivity contribution in [2.24, 2.45) is 0 Å². The van der Waals surface area contributed by atoms with E-state index in [1.54, 1.807) is 0 Å². The maximum atomic E-state index is 4.93. The van der Waals surface area contributed by atoms with Crippen LogP contribution < -0.4 is 10.2 Å². The fraction of sp³-hybridized carbons (Fsp3) is 0.800. The Morgan fingerprint density at radius 2 is 1.89 bits per heavy atom. The Balaban J connectivity index is 3.04. The lowest BCUT2D eigenvalue weighted by molar-refractivity contribution is 0.560.